The Kier molecular flexibility index (Phi) is 5.90. The van der Waals surface area contributed by atoms with E-state index in [9.17, 15) is 0 Å². The van der Waals surface area contributed by atoms with Gasteiger partial charge in [-0.3, -0.25) is 4.57 Å². The molecule has 4 aromatic heterocycles. The first kappa shape index (κ1) is 28.8. The van der Waals surface area contributed by atoms with Gasteiger partial charge in [-0.1, -0.05) is 121 Å². The van der Waals surface area contributed by atoms with Gasteiger partial charge < -0.3 is 4.57 Å². The van der Waals surface area contributed by atoms with Crippen LogP contribution in [0.1, 0.15) is 0 Å². The number of aromatic nitrogens is 4. The van der Waals surface area contributed by atoms with Crippen LogP contribution in [0.5, 0.6) is 0 Å². The topological polar surface area (TPSA) is 35.6 Å². The fraction of sp³-hybridized carbons (Fsp3) is 0. The lowest BCUT2D eigenvalue weighted by Crippen LogP contribution is -2.03. The van der Waals surface area contributed by atoms with E-state index in [4.69, 9.17) is 9.97 Å². The molecule has 0 unspecified atom stereocenters. The first-order valence-electron chi connectivity index (χ1n) is 17.9. The van der Waals surface area contributed by atoms with Crippen molar-refractivity contribution >= 4 is 96.8 Å². The Morgan fingerprint density at radius 1 is 0.396 bits per heavy atom. The van der Waals surface area contributed by atoms with Crippen LogP contribution in [0, 0.1) is 0 Å². The molecule has 0 atom stereocenters. The monoisotopic (exact) mass is 692 g/mol. The van der Waals surface area contributed by atoms with E-state index >= 15 is 0 Å². The van der Waals surface area contributed by atoms with Crippen molar-refractivity contribution in [3.8, 4) is 22.9 Å². The third kappa shape index (κ3) is 4.00. The van der Waals surface area contributed by atoms with Gasteiger partial charge in [-0.25, -0.2) is 9.97 Å². The third-order valence-corrected chi connectivity index (χ3v) is 12.1. The van der Waals surface area contributed by atoms with Crippen LogP contribution in [-0.4, -0.2) is 19.1 Å². The molecule has 0 fully saturated rings. The number of fused-ring (bicyclic) bond motifs is 13. The zero-order chi connectivity index (χ0) is 34.6. The molecule has 8 aromatic carbocycles. The number of hydrogen-bond acceptors (Lipinski definition) is 3. The van der Waals surface area contributed by atoms with Gasteiger partial charge in [-0.05, 0) is 59.3 Å². The Bertz CT molecular complexity index is 3460. The molecule has 53 heavy (non-hydrogen) atoms. The fourth-order valence-corrected chi connectivity index (χ4v) is 9.97. The van der Waals surface area contributed by atoms with E-state index in [-0.39, 0.29) is 0 Å². The van der Waals surface area contributed by atoms with Crippen molar-refractivity contribution in [2.45, 2.75) is 0 Å². The van der Waals surface area contributed by atoms with Crippen LogP contribution in [-0.2, 0) is 0 Å². The molecule has 0 aliphatic heterocycles. The van der Waals surface area contributed by atoms with Gasteiger partial charge in [-0.2, -0.15) is 0 Å². The molecule has 0 bridgehead atoms. The molecule has 4 heterocycles. The summed E-state index contributed by atoms with van der Waals surface area (Å²) >= 11 is 1.86. The third-order valence-electron chi connectivity index (χ3n) is 10.9. The minimum absolute atomic E-state index is 0.665. The molecule has 12 aromatic rings. The molecule has 0 aliphatic rings. The highest BCUT2D eigenvalue weighted by Crippen LogP contribution is 2.45. The van der Waals surface area contributed by atoms with Crippen LogP contribution >= 0.6 is 11.3 Å². The van der Waals surface area contributed by atoms with E-state index in [2.05, 4.69) is 179 Å². The van der Waals surface area contributed by atoms with Crippen LogP contribution in [0.15, 0.2) is 170 Å². The zero-order valence-corrected chi connectivity index (χ0v) is 29.2. The van der Waals surface area contributed by atoms with E-state index in [0.717, 1.165) is 38.9 Å². The molecule has 0 saturated heterocycles. The van der Waals surface area contributed by atoms with E-state index in [1.165, 1.54) is 63.5 Å². The average Bonchev–Trinajstić information content (AvgIpc) is 3.89. The Balaban J connectivity index is 1.19. The Labute approximate surface area is 307 Å². The summed E-state index contributed by atoms with van der Waals surface area (Å²) < 4.78 is 7.22. The molecule has 0 amide bonds. The lowest BCUT2D eigenvalue weighted by Gasteiger charge is -2.13. The lowest BCUT2D eigenvalue weighted by atomic mass is 9.99. The van der Waals surface area contributed by atoms with Crippen molar-refractivity contribution in [3.63, 3.8) is 0 Å². The summed E-state index contributed by atoms with van der Waals surface area (Å²) in [6, 6.07) is 60.9. The van der Waals surface area contributed by atoms with Crippen molar-refractivity contribution < 1.29 is 0 Å². The van der Waals surface area contributed by atoms with Gasteiger partial charge in [0.15, 0.2) is 0 Å². The molecule has 0 spiro atoms. The maximum Gasteiger partial charge on any atom is 0.235 e. The van der Waals surface area contributed by atoms with Crippen molar-refractivity contribution in [2.24, 2.45) is 0 Å². The van der Waals surface area contributed by atoms with Crippen LogP contribution in [0.25, 0.3) is 108 Å². The summed E-state index contributed by atoms with van der Waals surface area (Å²) in [4.78, 5) is 10.9. The number of rotatable bonds is 3. The first-order chi connectivity index (χ1) is 26.3. The van der Waals surface area contributed by atoms with Crippen LogP contribution < -0.4 is 0 Å². The molecule has 4 nitrogen and oxygen atoms in total. The molecule has 5 heteroatoms. The van der Waals surface area contributed by atoms with E-state index < -0.39 is 0 Å². The van der Waals surface area contributed by atoms with Gasteiger partial charge in [0.25, 0.3) is 0 Å². The Morgan fingerprint density at radius 3 is 1.83 bits per heavy atom. The minimum Gasteiger partial charge on any atom is -0.309 e. The second-order valence-electron chi connectivity index (χ2n) is 13.7. The van der Waals surface area contributed by atoms with Crippen molar-refractivity contribution in [1.82, 2.24) is 19.1 Å². The highest BCUT2D eigenvalue weighted by molar-refractivity contribution is 7.26. The highest BCUT2D eigenvalue weighted by Gasteiger charge is 2.23. The summed E-state index contributed by atoms with van der Waals surface area (Å²) in [5.41, 5.74) is 8.66. The lowest BCUT2D eigenvalue weighted by molar-refractivity contribution is 1.01. The molecular weight excluding hydrogens is 665 g/mol. The fourth-order valence-electron chi connectivity index (χ4n) is 8.71. The van der Waals surface area contributed by atoms with Gasteiger partial charge in [0.05, 0.1) is 33.3 Å². The average molecular weight is 693 g/mol. The Morgan fingerprint density at radius 2 is 1.04 bits per heavy atom. The predicted molar refractivity (Wildman–Crippen MR) is 224 cm³/mol. The number of thiophene rings is 1. The van der Waals surface area contributed by atoms with Gasteiger partial charge in [0.1, 0.15) is 0 Å². The number of hydrogen-bond donors (Lipinski definition) is 0. The van der Waals surface area contributed by atoms with Crippen molar-refractivity contribution in [2.75, 3.05) is 0 Å². The van der Waals surface area contributed by atoms with E-state index in [1.807, 2.05) is 11.3 Å². The van der Waals surface area contributed by atoms with E-state index in [1.54, 1.807) is 0 Å². The van der Waals surface area contributed by atoms with Gasteiger partial charge in [0.2, 0.25) is 5.95 Å². The summed E-state index contributed by atoms with van der Waals surface area (Å²) in [5.74, 6) is 0.665. The SMILES string of the molecule is c1ccc(-n2c3ccccc3c3c4c5ccccc5n(-c5nc(-c6cccc7sc8c9ccccc9ccc8c67)c6ccccc6n5)c4ccc32)cc1. The largest absolute Gasteiger partial charge is 0.309 e. The molecule has 12 rings (SSSR count). The first-order valence-corrected chi connectivity index (χ1v) is 18.7. The minimum atomic E-state index is 0.665. The molecule has 246 valence electrons. The standard InChI is InChI=1S/C48H28N4S/c1-2-14-30(15-3-1)51-38-22-10-7-18-33(38)44-40(51)27-28-41-45(44)34-19-8-11-23-39(34)52(41)48-49-37-21-9-6-17-32(37)46(50-48)35-20-12-24-42-43(35)36-26-25-29-13-4-5-16-31(29)47(36)53-42/h1-28H. The second-order valence-corrected chi connectivity index (χ2v) is 14.8. The maximum absolute atomic E-state index is 5.56. The number of nitrogens with zero attached hydrogens (tertiary/aromatic N) is 4. The normalized spacial score (nSPS) is 12.2. The Hall–Kier alpha value is -6.82. The van der Waals surface area contributed by atoms with Crippen LogP contribution in [0.4, 0.5) is 0 Å². The van der Waals surface area contributed by atoms with E-state index in [0.29, 0.717) is 5.95 Å². The number of para-hydroxylation sites is 4. The van der Waals surface area contributed by atoms with Gasteiger partial charge in [-0.15, -0.1) is 11.3 Å². The summed E-state index contributed by atoms with van der Waals surface area (Å²) in [6.45, 7) is 0. The van der Waals surface area contributed by atoms with Crippen molar-refractivity contribution in [3.05, 3.63) is 170 Å². The number of benzene rings is 8. The predicted octanol–water partition coefficient (Wildman–Crippen LogP) is 13.0. The highest BCUT2D eigenvalue weighted by atomic mass is 32.1. The molecular formula is C48H28N4S. The quantitative estimate of drug-likeness (QED) is 0.185. The molecule has 0 aliphatic carbocycles. The van der Waals surface area contributed by atoms with Crippen LogP contribution in [0.3, 0.4) is 0 Å². The van der Waals surface area contributed by atoms with Crippen molar-refractivity contribution in [1.29, 1.82) is 0 Å². The zero-order valence-electron chi connectivity index (χ0n) is 28.4. The molecule has 0 N–H and O–H groups in total. The van der Waals surface area contributed by atoms with Crippen LogP contribution in [0.2, 0.25) is 0 Å². The summed E-state index contributed by atoms with van der Waals surface area (Å²) in [5, 5.41) is 10.9. The van der Waals surface area contributed by atoms with Gasteiger partial charge >= 0.3 is 0 Å². The summed E-state index contributed by atoms with van der Waals surface area (Å²) in [6.07, 6.45) is 0. The molecule has 0 saturated carbocycles. The second kappa shape index (κ2) is 10.8. The van der Waals surface area contributed by atoms with Gasteiger partial charge in [0, 0.05) is 58.4 Å². The summed E-state index contributed by atoms with van der Waals surface area (Å²) in [7, 11) is 0. The maximum atomic E-state index is 5.56. The smallest absolute Gasteiger partial charge is 0.235 e. The molecule has 0 radical (unpaired) electrons.